The van der Waals surface area contributed by atoms with Gasteiger partial charge in [0.25, 0.3) is 5.91 Å². The van der Waals surface area contributed by atoms with Gasteiger partial charge in [-0.1, -0.05) is 30.3 Å². The van der Waals surface area contributed by atoms with Gasteiger partial charge in [0.05, 0.1) is 16.4 Å². The van der Waals surface area contributed by atoms with Crippen LogP contribution >= 0.6 is 22.6 Å². The van der Waals surface area contributed by atoms with Crippen LogP contribution in [0.15, 0.2) is 65.7 Å². The summed E-state index contributed by atoms with van der Waals surface area (Å²) in [5.41, 5.74) is 4.73. The fourth-order valence-corrected chi connectivity index (χ4v) is 3.65. The minimum absolute atomic E-state index is 0.114. The Morgan fingerprint density at radius 3 is 2.63 bits per heavy atom. The summed E-state index contributed by atoms with van der Waals surface area (Å²) >= 11 is 2.17. The molecule has 0 unspecified atom stereocenters. The molecule has 0 aliphatic rings. The van der Waals surface area contributed by atoms with E-state index >= 15 is 0 Å². The highest BCUT2D eigenvalue weighted by Gasteiger charge is 2.13. The quantitative estimate of drug-likeness (QED) is 0.326. The Kier molecular flexibility index (Phi) is 7.46. The second kappa shape index (κ2) is 10.2. The first-order chi connectivity index (χ1) is 14.5. The number of aryl methyl sites for hydroxylation is 2. The molecule has 5 nitrogen and oxygen atoms in total. The Hall–Kier alpha value is -2.87. The lowest BCUT2D eigenvalue weighted by Crippen LogP contribution is -2.20. The van der Waals surface area contributed by atoms with E-state index in [4.69, 9.17) is 9.47 Å². The zero-order chi connectivity index (χ0) is 21.5. The third-order valence-corrected chi connectivity index (χ3v) is 5.17. The summed E-state index contributed by atoms with van der Waals surface area (Å²) in [6.07, 6.45) is 1.79. The van der Waals surface area contributed by atoms with Crippen molar-refractivity contribution in [3.05, 3.63) is 80.9 Å². The smallest absolute Gasteiger partial charge is 0.262 e. The molecule has 3 rings (SSSR count). The number of nitrogens with zero attached hydrogens (tertiary/aromatic N) is 1. The molecular weight excluding hydrogens is 491 g/mol. The van der Waals surface area contributed by atoms with Gasteiger partial charge in [-0.05, 0) is 83.5 Å². The summed E-state index contributed by atoms with van der Waals surface area (Å²) in [5.74, 6) is 0.852. The molecular formula is C24H23IN2O3. The molecule has 3 aromatic carbocycles. The molecule has 154 valence electrons. The van der Waals surface area contributed by atoms with E-state index in [0.717, 1.165) is 31.6 Å². The van der Waals surface area contributed by atoms with Crippen LogP contribution in [0.4, 0.5) is 11.4 Å². The number of ether oxygens (including phenoxy) is 2. The van der Waals surface area contributed by atoms with Crippen LogP contribution in [0.5, 0.6) is 11.5 Å². The lowest BCUT2D eigenvalue weighted by Gasteiger charge is -2.13. The van der Waals surface area contributed by atoms with Crippen molar-refractivity contribution in [2.75, 3.05) is 19.0 Å². The van der Waals surface area contributed by atoms with Crippen molar-refractivity contribution >= 4 is 46.1 Å². The standard InChI is InChI=1S/C24H23IN2O3/c1-16-7-6-9-19(11-16)27-23(28)15-30-24-20(25)12-18(13-22(24)29-3)14-26-21-10-5-4-8-17(21)2/h4-14H,15H2,1-3H3,(H,27,28). The molecule has 0 fully saturated rings. The van der Waals surface area contributed by atoms with Crippen molar-refractivity contribution in [3.63, 3.8) is 0 Å². The predicted octanol–water partition coefficient (Wildman–Crippen LogP) is 5.68. The normalized spacial score (nSPS) is 10.8. The molecule has 0 radical (unpaired) electrons. The average molecular weight is 514 g/mol. The van der Waals surface area contributed by atoms with E-state index < -0.39 is 0 Å². The minimum atomic E-state index is -0.233. The highest BCUT2D eigenvalue weighted by Crippen LogP contribution is 2.33. The van der Waals surface area contributed by atoms with E-state index in [9.17, 15) is 4.79 Å². The van der Waals surface area contributed by atoms with Gasteiger partial charge in [0.1, 0.15) is 0 Å². The molecule has 1 amide bonds. The summed E-state index contributed by atoms with van der Waals surface area (Å²) in [4.78, 5) is 16.8. The van der Waals surface area contributed by atoms with Gasteiger partial charge in [-0.25, -0.2) is 0 Å². The fourth-order valence-electron chi connectivity index (χ4n) is 2.86. The number of carbonyl (C=O) groups is 1. The van der Waals surface area contributed by atoms with Crippen LogP contribution in [0.1, 0.15) is 16.7 Å². The van der Waals surface area contributed by atoms with Gasteiger partial charge in [-0.15, -0.1) is 0 Å². The number of hydrogen-bond acceptors (Lipinski definition) is 4. The van der Waals surface area contributed by atoms with Crippen LogP contribution in [0.3, 0.4) is 0 Å². The van der Waals surface area contributed by atoms with Crippen LogP contribution in [0, 0.1) is 17.4 Å². The second-order valence-electron chi connectivity index (χ2n) is 6.79. The van der Waals surface area contributed by atoms with Crippen molar-refractivity contribution < 1.29 is 14.3 Å². The van der Waals surface area contributed by atoms with Gasteiger partial charge < -0.3 is 14.8 Å². The van der Waals surface area contributed by atoms with Crippen molar-refractivity contribution in [2.45, 2.75) is 13.8 Å². The van der Waals surface area contributed by atoms with Gasteiger partial charge in [0.15, 0.2) is 18.1 Å². The first-order valence-corrected chi connectivity index (χ1v) is 10.5. The predicted molar refractivity (Wildman–Crippen MR) is 129 cm³/mol. The van der Waals surface area contributed by atoms with E-state index in [2.05, 4.69) is 32.9 Å². The Labute approximate surface area is 190 Å². The van der Waals surface area contributed by atoms with Crippen molar-refractivity contribution in [3.8, 4) is 11.5 Å². The molecule has 0 spiro atoms. The Balaban J connectivity index is 1.71. The van der Waals surface area contributed by atoms with Crippen molar-refractivity contribution in [2.24, 2.45) is 4.99 Å². The molecule has 0 aliphatic heterocycles. The largest absolute Gasteiger partial charge is 0.493 e. The van der Waals surface area contributed by atoms with Gasteiger partial charge in [-0.3, -0.25) is 9.79 Å². The third-order valence-electron chi connectivity index (χ3n) is 4.37. The lowest BCUT2D eigenvalue weighted by molar-refractivity contribution is -0.118. The van der Waals surface area contributed by atoms with Crippen molar-refractivity contribution in [1.29, 1.82) is 0 Å². The number of hydrogen-bond donors (Lipinski definition) is 1. The van der Waals surface area contributed by atoms with E-state index in [1.807, 2.05) is 74.5 Å². The molecule has 0 saturated carbocycles. The maximum absolute atomic E-state index is 12.3. The Morgan fingerprint density at radius 1 is 1.10 bits per heavy atom. The number of para-hydroxylation sites is 1. The number of benzene rings is 3. The minimum Gasteiger partial charge on any atom is -0.493 e. The first-order valence-electron chi connectivity index (χ1n) is 9.43. The van der Waals surface area contributed by atoms with Crippen LogP contribution in [0.2, 0.25) is 0 Å². The van der Waals surface area contributed by atoms with Crippen LogP contribution in [0.25, 0.3) is 0 Å². The molecule has 0 heterocycles. The molecule has 0 bridgehead atoms. The number of rotatable bonds is 7. The number of aliphatic imine (C=N–C) groups is 1. The highest BCUT2D eigenvalue weighted by atomic mass is 127. The number of anilines is 1. The molecule has 30 heavy (non-hydrogen) atoms. The zero-order valence-electron chi connectivity index (χ0n) is 17.1. The monoisotopic (exact) mass is 514 g/mol. The number of nitrogens with one attached hydrogen (secondary N) is 1. The van der Waals surface area contributed by atoms with E-state index in [-0.39, 0.29) is 12.5 Å². The average Bonchev–Trinajstić information content (AvgIpc) is 2.72. The summed E-state index contributed by atoms with van der Waals surface area (Å²) in [7, 11) is 1.58. The molecule has 1 N–H and O–H groups in total. The SMILES string of the molecule is COc1cc(C=Nc2ccccc2C)cc(I)c1OCC(=O)Nc1cccc(C)c1. The first kappa shape index (κ1) is 21.8. The maximum Gasteiger partial charge on any atom is 0.262 e. The molecule has 6 heteroatoms. The second-order valence-corrected chi connectivity index (χ2v) is 7.95. The molecule has 3 aromatic rings. The van der Waals surface area contributed by atoms with E-state index in [1.165, 1.54) is 0 Å². The zero-order valence-corrected chi connectivity index (χ0v) is 19.3. The summed E-state index contributed by atoms with van der Waals surface area (Å²) in [6, 6.07) is 19.4. The van der Waals surface area contributed by atoms with E-state index in [1.54, 1.807) is 13.3 Å². The number of carbonyl (C=O) groups excluding carboxylic acids is 1. The van der Waals surface area contributed by atoms with Crippen LogP contribution < -0.4 is 14.8 Å². The number of methoxy groups -OCH3 is 1. The molecule has 0 atom stereocenters. The lowest BCUT2D eigenvalue weighted by atomic mass is 10.2. The number of halogens is 1. The fraction of sp³-hybridized carbons (Fsp3) is 0.167. The highest BCUT2D eigenvalue weighted by molar-refractivity contribution is 14.1. The van der Waals surface area contributed by atoms with Gasteiger partial charge in [0.2, 0.25) is 0 Å². The van der Waals surface area contributed by atoms with Crippen LogP contribution in [-0.2, 0) is 4.79 Å². The van der Waals surface area contributed by atoms with Gasteiger partial charge in [0, 0.05) is 11.9 Å². The van der Waals surface area contributed by atoms with Crippen LogP contribution in [-0.4, -0.2) is 25.8 Å². The summed E-state index contributed by atoms with van der Waals surface area (Å²) in [5, 5.41) is 2.84. The molecule has 0 aromatic heterocycles. The topological polar surface area (TPSA) is 59.9 Å². The molecule has 0 saturated heterocycles. The van der Waals surface area contributed by atoms with Gasteiger partial charge in [-0.2, -0.15) is 0 Å². The molecule has 0 aliphatic carbocycles. The Bertz CT molecular complexity index is 1080. The maximum atomic E-state index is 12.3. The third kappa shape index (κ3) is 5.82. The van der Waals surface area contributed by atoms with Gasteiger partial charge >= 0.3 is 0 Å². The van der Waals surface area contributed by atoms with E-state index in [0.29, 0.717) is 11.5 Å². The van der Waals surface area contributed by atoms with Crippen molar-refractivity contribution in [1.82, 2.24) is 0 Å². The summed E-state index contributed by atoms with van der Waals surface area (Å²) < 4.78 is 12.1. The Morgan fingerprint density at radius 2 is 1.90 bits per heavy atom. The number of amides is 1. The summed E-state index contributed by atoms with van der Waals surface area (Å²) in [6.45, 7) is 3.88.